The summed E-state index contributed by atoms with van der Waals surface area (Å²) in [4.78, 5) is 14.5. The molecule has 1 atom stereocenters. The number of carbonyl (C=O) groups excluding carboxylic acids is 1. The fourth-order valence-corrected chi connectivity index (χ4v) is 2.58. The number of benzene rings is 2. The molecule has 0 fully saturated rings. The Hall–Kier alpha value is -2.29. The van der Waals surface area contributed by atoms with Gasteiger partial charge in [-0.2, -0.15) is 0 Å². The van der Waals surface area contributed by atoms with E-state index >= 15 is 0 Å². The highest BCUT2D eigenvalue weighted by Crippen LogP contribution is 2.18. The quantitative estimate of drug-likeness (QED) is 0.871. The number of aryl methyl sites for hydroxylation is 1. The van der Waals surface area contributed by atoms with Gasteiger partial charge in [0.15, 0.2) is 0 Å². The van der Waals surface area contributed by atoms with Crippen molar-refractivity contribution in [2.24, 2.45) is 0 Å². The van der Waals surface area contributed by atoms with E-state index in [0.29, 0.717) is 6.54 Å². The van der Waals surface area contributed by atoms with Crippen molar-refractivity contribution in [3.05, 3.63) is 65.7 Å². The third-order valence-electron chi connectivity index (χ3n) is 3.98. The lowest BCUT2D eigenvalue weighted by Crippen LogP contribution is -2.41. The lowest BCUT2D eigenvalue weighted by Gasteiger charge is -2.29. The third-order valence-corrected chi connectivity index (χ3v) is 3.98. The number of anilines is 1. The zero-order chi connectivity index (χ0) is 16.8. The first-order valence-corrected chi connectivity index (χ1v) is 8.15. The molecule has 0 aliphatic carbocycles. The van der Waals surface area contributed by atoms with Crippen molar-refractivity contribution >= 4 is 11.6 Å². The molecular formula is C20H26N2O. The minimum atomic E-state index is 0.00994. The van der Waals surface area contributed by atoms with E-state index in [1.807, 2.05) is 37.3 Å². The minimum Gasteiger partial charge on any atom is -0.360 e. The van der Waals surface area contributed by atoms with Crippen molar-refractivity contribution in [2.45, 2.75) is 39.8 Å². The molecule has 0 heterocycles. The van der Waals surface area contributed by atoms with Crippen LogP contribution in [-0.4, -0.2) is 18.5 Å². The minimum absolute atomic E-state index is 0.00994. The molecule has 1 amide bonds. The summed E-state index contributed by atoms with van der Waals surface area (Å²) in [5.74, 6) is 0.0376. The van der Waals surface area contributed by atoms with Crippen LogP contribution in [-0.2, 0) is 4.79 Å². The molecule has 0 bridgehead atoms. The van der Waals surface area contributed by atoms with Crippen LogP contribution in [0.5, 0.6) is 0 Å². The van der Waals surface area contributed by atoms with Crippen LogP contribution in [0, 0.1) is 6.92 Å². The van der Waals surface area contributed by atoms with Gasteiger partial charge in [-0.05, 0) is 45.4 Å². The number of nitrogens with one attached hydrogen (secondary N) is 1. The lowest BCUT2D eigenvalue weighted by atomic mass is 10.1. The van der Waals surface area contributed by atoms with E-state index in [4.69, 9.17) is 0 Å². The fourth-order valence-electron chi connectivity index (χ4n) is 2.58. The third kappa shape index (κ3) is 4.85. The van der Waals surface area contributed by atoms with Gasteiger partial charge in [0.05, 0.1) is 12.6 Å². The Bertz CT molecular complexity index is 620. The average molecular weight is 310 g/mol. The first-order chi connectivity index (χ1) is 11.0. The van der Waals surface area contributed by atoms with Gasteiger partial charge in [-0.15, -0.1) is 0 Å². The summed E-state index contributed by atoms with van der Waals surface area (Å²) in [5.41, 5.74) is 3.42. The Morgan fingerprint density at radius 3 is 2.17 bits per heavy atom. The van der Waals surface area contributed by atoms with E-state index in [1.54, 1.807) is 0 Å². The monoisotopic (exact) mass is 310 g/mol. The summed E-state index contributed by atoms with van der Waals surface area (Å²) in [5, 5.41) is 3.08. The number of nitrogens with zero attached hydrogens (tertiary/aromatic N) is 1. The molecule has 1 unspecified atom stereocenters. The Kier molecular flexibility index (Phi) is 5.80. The summed E-state index contributed by atoms with van der Waals surface area (Å²) >= 11 is 0. The topological polar surface area (TPSA) is 32.3 Å². The van der Waals surface area contributed by atoms with Gasteiger partial charge in [0.1, 0.15) is 0 Å². The average Bonchev–Trinajstić information content (AvgIpc) is 2.54. The predicted molar refractivity (Wildman–Crippen MR) is 96.7 cm³/mol. The van der Waals surface area contributed by atoms with Crippen LogP contribution >= 0.6 is 0 Å². The van der Waals surface area contributed by atoms with E-state index < -0.39 is 0 Å². The first kappa shape index (κ1) is 17.1. The van der Waals surface area contributed by atoms with E-state index in [9.17, 15) is 4.79 Å². The molecule has 23 heavy (non-hydrogen) atoms. The van der Waals surface area contributed by atoms with Gasteiger partial charge >= 0.3 is 0 Å². The Morgan fingerprint density at radius 2 is 1.61 bits per heavy atom. The fraction of sp³-hybridized carbons (Fsp3) is 0.350. The summed E-state index contributed by atoms with van der Waals surface area (Å²) in [6.45, 7) is 8.65. The molecule has 2 aromatic rings. The van der Waals surface area contributed by atoms with E-state index in [0.717, 1.165) is 11.3 Å². The molecule has 0 spiro atoms. The number of hydrogen-bond donors (Lipinski definition) is 1. The molecule has 2 rings (SSSR count). The molecule has 0 aliphatic heterocycles. The first-order valence-electron chi connectivity index (χ1n) is 8.15. The van der Waals surface area contributed by atoms with Crippen LogP contribution in [0.15, 0.2) is 54.6 Å². The van der Waals surface area contributed by atoms with Gasteiger partial charge in [0, 0.05) is 11.7 Å². The highest BCUT2D eigenvalue weighted by molar-refractivity contribution is 5.81. The summed E-state index contributed by atoms with van der Waals surface area (Å²) in [6.07, 6.45) is 0. The molecule has 2 aromatic carbocycles. The van der Waals surface area contributed by atoms with Crippen LogP contribution < -0.4 is 10.2 Å². The van der Waals surface area contributed by atoms with Crippen LogP contribution in [0.25, 0.3) is 0 Å². The molecule has 3 nitrogen and oxygen atoms in total. The predicted octanol–water partition coefficient (Wildman–Crippen LogP) is 4.09. The van der Waals surface area contributed by atoms with Gasteiger partial charge < -0.3 is 10.2 Å². The van der Waals surface area contributed by atoms with Gasteiger partial charge in [0.2, 0.25) is 5.91 Å². The van der Waals surface area contributed by atoms with Crippen LogP contribution in [0.1, 0.15) is 37.9 Å². The second-order valence-corrected chi connectivity index (χ2v) is 6.26. The lowest BCUT2D eigenvalue weighted by molar-refractivity contribution is -0.120. The number of rotatable bonds is 6. The van der Waals surface area contributed by atoms with Gasteiger partial charge in [-0.3, -0.25) is 4.79 Å². The molecule has 1 N–H and O–H groups in total. The van der Waals surface area contributed by atoms with Crippen molar-refractivity contribution in [3.63, 3.8) is 0 Å². The van der Waals surface area contributed by atoms with E-state index in [2.05, 4.69) is 55.3 Å². The molecule has 0 saturated carbocycles. The molecule has 3 heteroatoms. The zero-order valence-electron chi connectivity index (χ0n) is 14.4. The molecule has 0 aliphatic rings. The van der Waals surface area contributed by atoms with E-state index in [-0.39, 0.29) is 18.0 Å². The van der Waals surface area contributed by atoms with Crippen molar-refractivity contribution < 1.29 is 4.79 Å². The number of amides is 1. The molecule has 0 radical (unpaired) electrons. The second kappa shape index (κ2) is 7.82. The summed E-state index contributed by atoms with van der Waals surface area (Å²) in [7, 11) is 0. The zero-order valence-corrected chi connectivity index (χ0v) is 14.4. The standard InChI is InChI=1S/C20H26N2O/c1-15(2)22(19-12-10-16(3)11-13-19)14-20(23)21-17(4)18-8-6-5-7-9-18/h5-13,15,17H,14H2,1-4H3,(H,21,23). The Labute approximate surface area is 139 Å². The SMILES string of the molecule is Cc1ccc(N(CC(=O)NC(C)c2ccccc2)C(C)C)cc1. The molecule has 0 saturated heterocycles. The maximum absolute atomic E-state index is 12.4. The molecular weight excluding hydrogens is 284 g/mol. The Morgan fingerprint density at radius 1 is 1.00 bits per heavy atom. The summed E-state index contributed by atoms with van der Waals surface area (Å²) < 4.78 is 0. The van der Waals surface area contributed by atoms with Crippen molar-refractivity contribution in [1.29, 1.82) is 0 Å². The van der Waals surface area contributed by atoms with E-state index in [1.165, 1.54) is 5.56 Å². The maximum atomic E-state index is 12.4. The Balaban J connectivity index is 2.02. The number of carbonyl (C=O) groups is 1. The molecule has 122 valence electrons. The normalized spacial score (nSPS) is 12.0. The van der Waals surface area contributed by atoms with Gasteiger partial charge in [-0.1, -0.05) is 48.0 Å². The molecule has 0 aromatic heterocycles. The van der Waals surface area contributed by atoms with Gasteiger partial charge in [0.25, 0.3) is 0 Å². The van der Waals surface area contributed by atoms with Crippen LogP contribution in [0.2, 0.25) is 0 Å². The smallest absolute Gasteiger partial charge is 0.240 e. The second-order valence-electron chi connectivity index (χ2n) is 6.26. The van der Waals surface area contributed by atoms with Crippen LogP contribution in [0.4, 0.5) is 5.69 Å². The van der Waals surface area contributed by atoms with Gasteiger partial charge in [-0.25, -0.2) is 0 Å². The van der Waals surface area contributed by atoms with Crippen molar-refractivity contribution in [2.75, 3.05) is 11.4 Å². The maximum Gasteiger partial charge on any atom is 0.240 e. The number of hydrogen-bond acceptors (Lipinski definition) is 2. The largest absolute Gasteiger partial charge is 0.360 e. The summed E-state index contributed by atoms with van der Waals surface area (Å²) in [6, 6.07) is 18.6. The van der Waals surface area contributed by atoms with Crippen molar-refractivity contribution in [3.8, 4) is 0 Å². The van der Waals surface area contributed by atoms with Crippen molar-refractivity contribution in [1.82, 2.24) is 5.32 Å². The highest BCUT2D eigenvalue weighted by Gasteiger charge is 2.16. The highest BCUT2D eigenvalue weighted by atomic mass is 16.2. The van der Waals surface area contributed by atoms with Crippen LogP contribution in [0.3, 0.4) is 0 Å².